The molecule has 3 N–H and O–H groups in total. The second-order valence-electron chi connectivity index (χ2n) is 6.63. The van der Waals surface area contributed by atoms with Crippen molar-refractivity contribution in [2.45, 2.75) is 20.3 Å². The number of rotatable bonds is 5. The van der Waals surface area contributed by atoms with Gasteiger partial charge in [-0.2, -0.15) is 5.10 Å². The number of aromatic amines is 2. The lowest BCUT2D eigenvalue weighted by molar-refractivity contribution is 0.0954. The minimum absolute atomic E-state index is 0.0872. The molecule has 0 aliphatic rings. The van der Waals surface area contributed by atoms with Gasteiger partial charge in [-0.25, -0.2) is 4.98 Å². The number of aromatic nitrogens is 4. The van der Waals surface area contributed by atoms with Crippen molar-refractivity contribution in [2.24, 2.45) is 0 Å². The minimum Gasteiger partial charge on any atom is -0.352 e. The number of amides is 1. The molecule has 0 bridgehead atoms. The fourth-order valence-corrected chi connectivity index (χ4v) is 3.05. The Bertz CT molecular complexity index is 1090. The number of carbonyl (C=O) groups excluding carboxylic acids is 1. The average Bonchev–Trinajstić information content (AvgIpc) is 3.25. The Morgan fingerprint density at radius 2 is 1.93 bits per heavy atom. The number of carbonyl (C=O) groups is 1. The van der Waals surface area contributed by atoms with Crippen molar-refractivity contribution in [1.29, 1.82) is 0 Å². The van der Waals surface area contributed by atoms with Gasteiger partial charge in [0.05, 0.1) is 11.0 Å². The number of benzene rings is 2. The van der Waals surface area contributed by atoms with Crippen LogP contribution < -0.4 is 5.32 Å². The van der Waals surface area contributed by atoms with Gasteiger partial charge in [0.2, 0.25) is 0 Å². The van der Waals surface area contributed by atoms with Crippen LogP contribution in [0.3, 0.4) is 0 Å². The van der Waals surface area contributed by atoms with Gasteiger partial charge in [-0.3, -0.25) is 9.89 Å². The summed E-state index contributed by atoms with van der Waals surface area (Å²) >= 11 is 0. The van der Waals surface area contributed by atoms with Crippen LogP contribution in [-0.2, 0) is 6.42 Å². The van der Waals surface area contributed by atoms with Gasteiger partial charge >= 0.3 is 0 Å². The minimum atomic E-state index is -0.0872. The molecule has 2 aromatic carbocycles. The van der Waals surface area contributed by atoms with Crippen molar-refractivity contribution in [1.82, 2.24) is 25.5 Å². The standard InChI is InChI=1S/C21H21N5O/c1-13-14(2)25-26-19(13)20-23-17-9-8-16(12-18(17)24-20)21(27)22-11-10-15-6-4-3-5-7-15/h3-9,12H,10-11H2,1-2H3,(H,22,27)(H,23,24)(H,25,26). The number of imidazole rings is 1. The van der Waals surface area contributed by atoms with Crippen molar-refractivity contribution >= 4 is 16.9 Å². The predicted molar refractivity (Wildman–Crippen MR) is 106 cm³/mol. The number of aryl methyl sites for hydroxylation is 1. The van der Waals surface area contributed by atoms with Gasteiger partial charge in [-0.15, -0.1) is 0 Å². The molecule has 2 heterocycles. The van der Waals surface area contributed by atoms with E-state index in [0.29, 0.717) is 17.9 Å². The molecule has 4 aromatic rings. The van der Waals surface area contributed by atoms with E-state index in [9.17, 15) is 4.79 Å². The van der Waals surface area contributed by atoms with Crippen LogP contribution in [0, 0.1) is 13.8 Å². The zero-order valence-electron chi connectivity index (χ0n) is 15.3. The molecule has 4 rings (SSSR count). The molecule has 6 heteroatoms. The van der Waals surface area contributed by atoms with Gasteiger partial charge in [-0.1, -0.05) is 30.3 Å². The van der Waals surface area contributed by atoms with Crippen LogP contribution in [0.5, 0.6) is 0 Å². The fraction of sp³-hybridized carbons (Fsp3) is 0.190. The Morgan fingerprint density at radius 3 is 2.67 bits per heavy atom. The van der Waals surface area contributed by atoms with Crippen molar-refractivity contribution in [3.63, 3.8) is 0 Å². The summed E-state index contributed by atoms with van der Waals surface area (Å²) in [6.07, 6.45) is 0.806. The largest absolute Gasteiger partial charge is 0.352 e. The van der Waals surface area contributed by atoms with Gasteiger partial charge < -0.3 is 10.3 Å². The normalized spacial score (nSPS) is 11.0. The van der Waals surface area contributed by atoms with Crippen LogP contribution in [0.15, 0.2) is 48.5 Å². The Balaban J connectivity index is 1.49. The van der Waals surface area contributed by atoms with Crippen LogP contribution in [0.25, 0.3) is 22.6 Å². The van der Waals surface area contributed by atoms with Crippen LogP contribution in [0.2, 0.25) is 0 Å². The molecule has 2 aromatic heterocycles. The molecular weight excluding hydrogens is 338 g/mol. The third-order valence-electron chi connectivity index (χ3n) is 4.76. The maximum absolute atomic E-state index is 12.5. The van der Waals surface area contributed by atoms with E-state index in [4.69, 9.17) is 0 Å². The average molecular weight is 359 g/mol. The zero-order valence-corrected chi connectivity index (χ0v) is 15.3. The number of nitrogens with zero attached hydrogens (tertiary/aromatic N) is 2. The second kappa shape index (κ2) is 7.07. The van der Waals surface area contributed by atoms with Crippen molar-refractivity contribution in [2.75, 3.05) is 6.54 Å². The summed E-state index contributed by atoms with van der Waals surface area (Å²) in [6, 6.07) is 15.6. The summed E-state index contributed by atoms with van der Waals surface area (Å²) in [7, 11) is 0. The molecule has 27 heavy (non-hydrogen) atoms. The number of fused-ring (bicyclic) bond motifs is 1. The summed E-state index contributed by atoms with van der Waals surface area (Å²) in [5, 5.41) is 10.3. The molecule has 1 amide bonds. The smallest absolute Gasteiger partial charge is 0.251 e. The van der Waals surface area contributed by atoms with E-state index >= 15 is 0 Å². The van der Waals surface area contributed by atoms with E-state index < -0.39 is 0 Å². The fourth-order valence-electron chi connectivity index (χ4n) is 3.05. The van der Waals surface area contributed by atoms with Gasteiger partial charge in [0.1, 0.15) is 5.69 Å². The summed E-state index contributed by atoms with van der Waals surface area (Å²) < 4.78 is 0. The molecule has 0 aliphatic carbocycles. The third kappa shape index (κ3) is 3.46. The van der Waals surface area contributed by atoms with Crippen molar-refractivity contribution in [3.8, 4) is 11.5 Å². The molecule has 0 atom stereocenters. The Hall–Kier alpha value is -3.41. The highest BCUT2D eigenvalue weighted by Crippen LogP contribution is 2.23. The number of nitrogens with one attached hydrogen (secondary N) is 3. The molecule has 0 aliphatic heterocycles. The monoisotopic (exact) mass is 359 g/mol. The molecule has 0 radical (unpaired) electrons. The van der Waals surface area contributed by atoms with Crippen molar-refractivity contribution < 1.29 is 4.79 Å². The highest BCUT2D eigenvalue weighted by Gasteiger charge is 2.14. The number of hydrogen-bond acceptors (Lipinski definition) is 3. The number of hydrogen-bond donors (Lipinski definition) is 3. The molecule has 0 spiro atoms. The maximum atomic E-state index is 12.5. The molecule has 0 saturated carbocycles. The first-order valence-electron chi connectivity index (χ1n) is 8.95. The van der Waals surface area contributed by atoms with Gasteiger partial charge in [0.25, 0.3) is 5.91 Å². The summed E-state index contributed by atoms with van der Waals surface area (Å²) in [6.45, 7) is 4.58. The first-order chi connectivity index (χ1) is 13.1. The first kappa shape index (κ1) is 17.0. The predicted octanol–water partition coefficient (Wildman–Crippen LogP) is 3.54. The Kier molecular flexibility index (Phi) is 4.46. The van der Waals surface area contributed by atoms with Crippen LogP contribution in [0.4, 0.5) is 0 Å². The zero-order chi connectivity index (χ0) is 18.8. The van der Waals surface area contributed by atoms with E-state index in [1.54, 1.807) is 6.07 Å². The van der Waals surface area contributed by atoms with Gasteiger partial charge in [0.15, 0.2) is 5.82 Å². The lowest BCUT2D eigenvalue weighted by Crippen LogP contribution is -2.25. The van der Waals surface area contributed by atoms with E-state index in [1.807, 2.05) is 44.2 Å². The molecule has 0 fully saturated rings. The highest BCUT2D eigenvalue weighted by molar-refractivity contribution is 5.97. The van der Waals surface area contributed by atoms with Gasteiger partial charge in [0, 0.05) is 23.4 Å². The highest BCUT2D eigenvalue weighted by atomic mass is 16.1. The van der Waals surface area contributed by atoms with E-state index in [-0.39, 0.29) is 5.91 Å². The molecule has 6 nitrogen and oxygen atoms in total. The van der Waals surface area contributed by atoms with Crippen LogP contribution in [-0.4, -0.2) is 32.6 Å². The number of H-pyrrole nitrogens is 2. The van der Waals surface area contributed by atoms with E-state index in [2.05, 4.69) is 37.6 Å². The molecule has 0 saturated heterocycles. The van der Waals surface area contributed by atoms with E-state index in [1.165, 1.54) is 5.56 Å². The van der Waals surface area contributed by atoms with E-state index in [0.717, 1.165) is 34.4 Å². The summed E-state index contributed by atoms with van der Waals surface area (Å²) in [5.74, 6) is 0.615. The summed E-state index contributed by atoms with van der Waals surface area (Å²) in [5.41, 5.74) is 6.33. The molecule has 136 valence electrons. The SMILES string of the molecule is Cc1[nH]nc(-c2nc3ccc(C(=O)NCCc4ccccc4)cc3[nH]2)c1C. The van der Waals surface area contributed by atoms with Gasteiger partial charge in [-0.05, 0) is 44.0 Å². The van der Waals surface area contributed by atoms with Crippen molar-refractivity contribution in [3.05, 3.63) is 70.9 Å². The second-order valence-corrected chi connectivity index (χ2v) is 6.63. The quantitative estimate of drug-likeness (QED) is 0.509. The Morgan fingerprint density at radius 1 is 1.11 bits per heavy atom. The third-order valence-corrected chi connectivity index (χ3v) is 4.76. The first-order valence-corrected chi connectivity index (χ1v) is 8.95. The van der Waals surface area contributed by atoms with Crippen LogP contribution >= 0.6 is 0 Å². The lowest BCUT2D eigenvalue weighted by Gasteiger charge is -2.05. The topological polar surface area (TPSA) is 86.5 Å². The maximum Gasteiger partial charge on any atom is 0.251 e. The Labute approximate surface area is 157 Å². The van der Waals surface area contributed by atoms with Crippen LogP contribution in [0.1, 0.15) is 27.2 Å². The lowest BCUT2D eigenvalue weighted by atomic mass is 10.1. The molecular formula is C21H21N5O. The summed E-state index contributed by atoms with van der Waals surface area (Å²) in [4.78, 5) is 20.3. The molecule has 0 unspecified atom stereocenters.